The third-order valence-corrected chi connectivity index (χ3v) is 2.81. The summed E-state index contributed by atoms with van der Waals surface area (Å²) in [6.07, 6.45) is 1.74. The van der Waals surface area contributed by atoms with Gasteiger partial charge in [-0.1, -0.05) is 0 Å². The Morgan fingerprint density at radius 2 is 2.31 bits per heavy atom. The molecule has 2 aromatic heterocycles. The molecular formula is C11H12N2O2S. The van der Waals surface area contributed by atoms with Crippen molar-refractivity contribution in [2.24, 2.45) is 0 Å². The van der Waals surface area contributed by atoms with Crippen LogP contribution in [0.25, 0.3) is 0 Å². The van der Waals surface area contributed by atoms with Gasteiger partial charge in [0.2, 0.25) is 0 Å². The Morgan fingerprint density at radius 1 is 1.44 bits per heavy atom. The van der Waals surface area contributed by atoms with Gasteiger partial charge in [-0.2, -0.15) is 0 Å². The van der Waals surface area contributed by atoms with Crippen LogP contribution in [0.3, 0.4) is 0 Å². The largest absolute Gasteiger partial charge is 0.484 e. The maximum Gasteiger partial charge on any atom is 0.143 e. The second kappa shape index (κ2) is 5.05. The lowest BCUT2D eigenvalue weighted by molar-refractivity contribution is 0.253. The predicted molar refractivity (Wildman–Crippen MR) is 61.3 cm³/mol. The van der Waals surface area contributed by atoms with Crippen LogP contribution in [0.5, 0.6) is 5.75 Å². The highest BCUT2D eigenvalue weighted by atomic mass is 32.1. The van der Waals surface area contributed by atoms with E-state index in [-0.39, 0.29) is 6.61 Å². The Morgan fingerprint density at radius 3 is 3.00 bits per heavy atom. The van der Waals surface area contributed by atoms with Gasteiger partial charge < -0.3 is 9.84 Å². The number of ether oxygens (including phenoxy) is 1. The zero-order valence-electron chi connectivity index (χ0n) is 8.88. The van der Waals surface area contributed by atoms with Crippen LogP contribution >= 0.6 is 11.3 Å². The summed E-state index contributed by atoms with van der Waals surface area (Å²) in [5.74, 6) is 0.614. The molecule has 84 valence electrons. The molecule has 16 heavy (non-hydrogen) atoms. The van der Waals surface area contributed by atoms with Crippen LogP contribution in [0.2, 0.25) is 0 Å². The van der Waals surface area contributed by atoms with E-state index in [2.05, 4.69) is 9.97 Å². The number of rotatable bonds is 4. The molecule has 5 heteroatoms. The summed E-state index contributed by atoms with van der Waals surface area (Å²) >= 11 is 1.54. The molecule has 0 aliphatic carbocycles. The highest BCUT2D eigenvalue weighted by Crippen LogP contribution is 2.18. The Balaban J connectivity index is 2.09. The first-order valence-corrected chi connectivity index (χ1v) is 5.76. The van der Waals surface area contributed by atoms with E-state index < -0.39 is 0 Å². The van der Waals surface area contributed by atoms with Crippen molar-refractivity contribution in [2.45, 2.75) is 20.1 Å². The maximum atomic E-state index is 9.14. The zero-order chi connectivity index (χ0) is 11.4. The number of thiazole rings is 1. The first kappa shape index (κ1) is 11.0. The number of aliphatic hydroxyl groups excluding tert-OH is 1. The van der Waals surface area contributed by atoms with Gasteiger partial charge in [-0.15, -0.1) is 11.3 Å². The topological polar surface area (TPSA) is 55.2 Å². The summed E-state index contributed by atoms with van der Waals surface area (Å²) in [5.41, 5.74) is 1.43. The fourth-order valence-corrected chi connectivity index (χ4v) is 1.83. The SMILES string of the molecule is Cc1ccc(OCc2nccs2)c(CO)n1. The van der Waals surface area contributed by atoms with Crippen LogP contribution in [0.1, 0.15) is 16.4 Å². The molecular weight excluding hydrogens is 224 g/mol. The second-order valence-electron chi connectivity index (χ2n) is 3.27. The fraction of sp³-hybridized carbons (Fsp3) is 0.273. The Labute approximate surface area is 97.6 Å². The minimum atomic E-state index is -0.116. The zero-order valence-corrected chi connectivity index (χ0v) is 9.70. The van der Waals surface area contributed by atoms with Crippen molar-refractivity contribution < 1.29 is 9.84 Å². The number of aryl methyl sites for hydroxylation is 1. The van der Waals surface area contributed by atoms with Crippen LogP contribution in [-0.4, -0.2) is 15.1 Å². The molecule has 0 spiro atoms. The average Bonchev–Trinajstić information content (AvgIpc) is 2.80. The van der Waals surface area contributed by atoms with E-state index in [4.69, 9.17) is 9.84 Å². The third-order valence-electron chi connectivity index (χ3n) is 2.06. The summed E-state index contributed by atoms with van der Waals surface area (Å²) < 4.78 is 5.55. The summed E-state index contributed by atoms with van der Waals surface area (Å²) in [6.45, 7) is 2.17. The number of hydrogen-bond donors (Lipinski definition) is 1. The van der Waals surface area contributed by atoms with Crippen molar-refractivity contribution in [3.8, 4) is 5.75 Å². The van der Waals surface area contributed by atoms with E-state index in [0.717, 1.165) is 10.7 Å². The van der Waals surface area contributed by atoms with Crippen LogP contribution in [0.15, 0.2) is 23.7 Å². The van der Waals surface area contributed by atoms with E-state index in [1.807, 2.05) is 24.4 Å². The van der Waals surface area contributed by atoms with Crippen LogP contribution < -0.4 is 4.74 Å². The van der Waals surface area contributed by atoms with Gasteiger partial charge in [0.15, 0.2) is 0 Å². The normalized spacial score (nSPS) is 10.4. The van der Waals surface area contributed by atoms with Crippen molar-refractivity contribution in [1.29, 1.82) is 0 Å². The van der Waals surface area contributed by atoms with Crippen LogP contribution in [-0.2, 0) is 13.2 Å². The molecule has 0 aliphatic rings. The number of aromatic nitrogens is 2. The highest BCUT2D eigenvalue weighted by molar-refractivity contribution is 7.09. The number of nitrogens with zero attached hydrogens (tertiary/aromatic N) is 2. The van der Waals surface area contributed by atoms with Crippen molar-refractivity contribution in [3.63, 3.8) is 0 Å². The fourth-order valence-electron chi connectivity index (χ4n) is 1.31. The smallest absolute Gasteiger partial charge is 0.143 e. The monoisotopic (exact) mass is 236 g/mol. The summed E-state index contributed by atoms with van der Waals surface area (Å²) in [5, 5.41) is 12.0. The van der Waals surface area contributed by atoms with Gasteiger partial charge in [-0.25, -0.2) is 4.98 Å². The number of hydrogen-bond acceptors (Lipinski definition) is 5. The lowest BCUT2D eigenvalue weighted by Crippen LogP contribution is -2.01. The summed E-state index contributed by atoms with van der Waals surface area (Å²) in [7, 11) is 0. The van der Waals surface area contributed by atoms with Crippen molar-refractivity contribution in [1.82, 2.24) is 9.97 Å². The van der Waals surface area contributed by atoms with E-state index in [1.54, 1.807) is 6.20 Å². The molecule has 0 atom stereocenters. The van der Waals surface area contributed by atoms with Gasteiger partial charge in [0.25, 0.3) is 0 Å². The van der Waals surface area contributed by atoms with Crippen LogP contribution in [0.4, 0.5) is 0 Å². The Hall–Kier alpha value is -1.46. The summed E-state index contributed by atoms with van der Waals surface area (Å²) in [6, 6.07) is 3.68. The molecule has 2 aromatic rings. The van der Waals surface area contributed by atoms with Gasteiger partial charge in [0.1, 0.15) is 23.1 Å². The molecule has 2 rings (SSSR count). The molecule has 0 bridgehead atoms. The van der Waals surface area contributed by atoms with Crippen LogP contribution in [0, 0.1) is 6.92 Å². The Bertz CT molecular complexity index is 457. The van der Waals surface area contributed by atoms with Gasteiger partial charge >= 0.3 is 0 Å². The van der Waals surface area contributed by atoms with E-state index in [0.29, 0.717) is 18.1 Å². The van der Waals surface area contributed by atoms with Gasteiger partial charge in [-0.3, -0.25) is 4.98 Å². The van der Waals surface area contributed by atoms with Crippen molar-refractivity contribution >= 4 is 11.3 Å². The van der Waals surface area contributed by atoms with Crippen molar-refractivity contribution in [3.05, 3.63) is 40.1 Å². The molecule has 0 amide bonds. The molecule has 4 nitrogen and oxygen atoms in total. The number of pyridine rings is 1. The predicted octanol–water partition coefficient (Wildman–Crippen LogP) is 1.92. The molecule has 0 aromatic carbocycles. The van der Waals surface area contributed by atoms with Gasteiger partial charge in [0.05, 0.1) is 6.61 Å². The average molecular weight is 236 g/mol. The second-order valence-corrected chi connectivity index (χ2v) is 4.25. The molecule has 0 fully saturated rings. The minimum Gasteiger partial charge on any atom is -0.484 e. The van der Waals surface area contributed by atoms with Gasteiger partial charge in [-0.05, 0) is 19.1 Å². The standard InChI is InChI=1S/C11H12N2O2S/c1-8-2-3-10(9(6-14)13-8)15-7-11-12-4-5-16-11/h2-5,14H,6-7H2,1H3. The molecule has 0 radical (unpaired) electrons. The number of aliphatic hydroxyl groups is 1. The van der Waals surface area contributed by atoms with Gasteiger partial charge in [0, 0.05) is 17.3 Å². The van der Waals surface area contributed by atoms with E-state index >= 15 is 0 Å². The Kier molecular flexibility index (Phi) is 3.48. The molecule has 0 saturated heterocycles. The molecule has 0 saturated carbocycles. The highest BCUT2D eigenvalue weighted by Gasteiger charge is 2.05. The quantitative estimate of drug-likeness (QED) is 0.881. The maximum absolute atomic E-state index is 9.14. The molecule has 1 N–H and O–H groups in total. The van der Waals surface area contributed by atoms with E-state index in [1.165, 1.54) is 11.3 Å². The lowest BCUT2D eigenvalue weighted by atomic mass is 10.3. The van der Waals surface area contributed by atoms with Crippen molar-refractivity contribution in [2.75, 3.05) is 0 Å². The minimum absolute atomic E-state index is 0.116. The first-order chi connectivity index (χ1) is 7.79. The van der Waals surface area contributed by atoms with E-state index in [9.17, 15) is 0 Å². The summed E-state index contributed by atoms with van der Waals surface area (Å²) in [4.78, 5) is 8.31. The lowest BCUT2D eigenvalue weighted by Gasteiger charge is -2.08. The molecule has 0 unspecified atom stereocenters. The molecule has 2 heterocycles. The first-order valence-electron chi connectivity index (χ1n) is 4.88. The third kappa shape index (κ3) is 2.56. The molecule has 0 aliphatic heterocycles.